The largest absolute Gasteiger partial charge is 0.442 e. The Labute approximate surface area is 248 Å². The van der Waals surface area contributed by atoms with Gasteiger partial charge in [-0.15, -0.1) is 0 Å². The highest BCUT2D eigenvalue weighted by molar-refractivity contribution is 7.90. The van der Waals surface area contributed by atoms with E-state index in [2.05, 4.69) is 15.4 Å². The number of rotatable bonds is 4. The fourth-order valence-electron chi connectivity index (χ4n) is 4.67. The Kier molecular flexibility index (Phi) is 7.38. The number of carbonyl (C=O) groups is 1. The number of anilines is 2. The van der Waals surface area contributed by atoms with Crippen molar-refractivity contribution >= 4 is 60.7 Å². The summed E-state index contributed by atoms with van der Waals surface area (Å²) in [6.45, 7) is 7.03. The highest BCUT2D eigenvalue weighted by Gasteiger charge is 2.31. The molecule has 3 aromatic carbocycles. The van der Waals surface area contributed by atoms with E-state index in [0.29, 0.717) is 28.3 Å². The number of aromatic nitrogens is 3. The lowest BCUT2D eigenvalue weighted by Crippen LogP contribution is -2.27. The first-order valence-electron chi connectivity index (χ1n) is 12.6. The van der Waals surface area contributed by atoms with Gasteiger partial charge in [0, 0.05) is 39.5 Å². The van der Waals surface area contributed by atoms with Crippen molar-refractivity contribution in [2.75, 3.05) is 11.6 Å². The third kappa shape index (κ3) is 5.38. The number of aryl methyl sites for hydroxylation is 1. The molecule has 5 rings (SSSR count). The predicted molar refractivity (Wildman–Crippen MR) is 155 cm³/mol. The molecule has 5 aromatic rings. The fraction of sp³-hybridized carbons (Fsp3) is 0.207. The number of carbonyl (C=O) groups excluding carboxylic acids is 1. The Hall–Kier alpha value is -4.23. The first kappa shape index (κ1) is 30.2. The van der Waals surface area contributed by atoms with Gasteiger partial charge in [0.15, 0.2) is 33.1 Å². The number of nitrogens with zero attached hydrogens (tertiary/aromatic N) is 3. The minimum absolute atomic E-state index is 0.0187. The molecule has 0 saturated carbocycles. The van der Waals surface area contributed by atoms with Crippen molar-refractivity contribution in [1.82, 2.24) is 14.8 Å². The van der Waals surface area contributed by atoms with Gasteiger partial charge in [-0.1, -0.05) is 17.7 Å². The van der Waals surface area contributed by atoms with Crippen LogP contribution in [0.2, 0.25) is 5.02 Å². The molecular formula is C29H23ClF4N4O4S. The lowest BCUT2D eigenvalue weighted by Gasteiger charge is -2.19. The molecule has 14 heteroatoms. The minimum atomic E-state index is -4.62. The number of hydrogen-bond acceptors (Lipinski definition) is 7. The molecule has 0 bridgehead atoms. The second-order valence-corrected chi connectivity index (χ2v) is 13.2. The Morgan fingerprint density at radius 3 is 2.26 bits per heavy atom. The summed E-state index contributed by atoms with van der Waals surface area (Å²) in [5, 5.41) is 7.53. The lowest BCUT2D eigenvalue weighted by molar-refractivity contribution is 0.0522. The molecule has 0 saturated heterocycles. The van der Waals surface area contributed by atoms with Crippen LogP contribution in [0.1, 0.15) is 26.3 Å². The Morgan fingerprint density at radius 1 is 1.00 bits per heavy atom. The fourth-order valence-corrected chi connectivity index (χ4v) is 5.76. The van der Waals surface area contributed by atoms with Crippen molar-refractivity contribution in [3.8, 4) is 11.1 Å². The smallest absolute Gasteiger partial charge is 0.435 e. The zero-order valence-corrected chi connectivity index (χ0v) is 24.9. The van der Waals surface area contributed by atoms with E-state index in [1.165, 1.54) is 24.5 Å². The molecule has 0 fully saturated rings. The second kappa shape index (κ2) is 10.5. The van der Waals surface area contributed by atoms with Gasteiger partial charge in [-0.25, -0.2) is 30.8 Å². The van der Waals surface area contributed by atoms with Crippen LogP contribution < -0.4 is 5.32 Å². The van der Waals surface area contributed by atoms with Crippen LogP contribution in [0.15, 0.2) is 47.6 Å². The molecule has 8 nitrogen and oxygen atoms in total. The third-order valence-electron chi connectivity index (χ3n) is 6.48. The van der Waals surface area contributed by atoms with Gasteiger partial charge in [-0.05, 0) is 63.1 Å². The van der Waals surface area contributed by atoms with E-state index < -0.39 is 55.4 Å². The molecule has 0 aliphatic rings. The molecule has 2 aromatic heterocycles. The molecule has 0 aliphatic heterocycles. The number of benzene rings is 3. The molecule has 0 spiro atoms. The predicted octanol–water partition coefficient (Wildman–Crippen LogP) is 7.70. The standard InChI is InChI=1S/C29H23ClF4N4O4S/c1-13-6-7-20-16(12-36-38(20)28(39)42-29(2,3)4)21(13)14-11-19-15(10-17(14)30)18(8-9-35-19)37-26-22(31)24(33)27(43(5,40)41)25(34)23(26)32/h6-12H,1-5H3,(H,35,37). The van der Waals surface area contributed by atoms with Crippen LogP contribution in [-0.4, -0.2) is 41.1 Å². The highest BCUT2D eigenvalue weighted by atomic mass is 35.5. The summed E-state index contributed by atoms with van der Waals surface area (Å²) < 4.78 is 88.8. The average molecular weight is 635 g/mol. The molecule has 224 valence electrons. The van der Waals surface area contributed by atoms with Gasteiger partial charge in [0.25, 0.3) is 0 Å². The van der Waals surface area contributed by atoms with E-state index in [4.69, 9.17) is 16.3 Å². The van der Waals surface area contributed by atoms with Crippen LogP contribution in [0.4, 0.5) is 33.7 Å². The number of hydrogen-bond donors (Lipinski definition) is 1. The van der Waals surface area contributed by atoms with E-state index in [1.807, 2.05) is 6.92 Å². The molecular weight excluding hydrogens is 612 g/mol. The summed E-state index contributed by atoms with van der Waals surface area (Å²) in [7, 11) is -4.62. The summed E-state index contributed by atoms with van der Waals surface area (Å²) in [5.41, 5.74) is 0.667. The molecule has 0 atom stereocenters. The molecule has 2 heterocycles. The second-order valence-electron chi connectivity index (χ2n) is 10.8. The number of nitrogens with one attached hydrogen (secondary N) is 1. The van der Waals surface area contributed by atoms with E-state index in [9.17, 15) is 30.8 Å². The zero-order chi connectivity index (χ0) is 31.6. The first-order valence-corrected chi connectivity index (χ1v) is 14.9. The summed E-state index contributed by atoms with van der Waals surface area (Å²) in [5.74, 6) is -7.95. The van der Waals surface area contributed by atoms with Gasteiger partial charge in [0.2, 0.25) is 0 Å². The van der Waals surface area contributed by atoms with Crippen LogP contribution in [0.5, 0.6) is 0 Å². The van der Waals surface area contributed by atoms with Crippen molar-refractivity contribution in [2.45, 2.75) is 38.2 Å². The molecule has 0 radical (unpaired) electrons. The summed E-state index contributed by atoms with van der Waals surface area (Å²) in [6, 6.07) is 7.85. The molecule has 0 amide bonds. The van der Waals surface area contributed by atoms with E-state index in [1.54, 1.807) is 39.0 Å². The monoisotopic (exact) mass is 634 g/mol. The maximum atomic E-state index is 14.8. The molecule has 0 unspecified atom stereocenters. The number of pyridine rings is 1. The van der Waals surface area contributed by atoms with Crippen LogP contribution in [0, 0.1) is 30.2 Å². The molecule has 43 heavy (non-hydrogen) atoms. The Balaban J connectivity index is 1.64. The average Bonchev–Trinajstić information content (AvgIpc) is 3.33. The maximum absolute atomic E-state index is 14.8. The normalized spacial score (nSPS) is 12.2. The lowest BCUT2D eigenvalue weighted by atomic mass is 9.95. The number of sulfone groups is 1. The number of fused-ring (bicyclic) bond motifs is 2. The van der Waals surface area contributed by atoms with Gasteiger partial charge < -0.3 is 10.1 Å². The summed E-state index contributed by atoms with van der Waals surface area (Å²) in [4.78, 5) is 15.4. The highest BCUT2D eigenvalue weighted by Crippen LogP contribution is 2.41. The molecule has 1 N–H and O–H groups in total. The van der Waals surface area contributed by atoms with Gasteiger partial charge in [0.1, 0.15) is 16.2 Å². The van der Waals surface area contributed by atoms with Crippen molar-refractivity contribution in [2.24, 2.45) is 0 Å². The van der Waals surface area contributed by atoms with Gasteiger partial charge >= 0.3 is 6.09 Å². The maximum Gasteiger partial charge on any atom is 0.435 e. The zero-order valence-electron chi connectivity index (χ0n) is 23.3. The van der Waals surface area contributed by atoms with Crippen LogP contribution in [-0.2, 0) is 14.6 Å². The van der Waals surface area contributed by atoms with Gasteiger partial charge in [0.05, 0.1) is 17.2 Å². The summed E-state index contributed by atoms with van der Waals surface area (Å²) >= 11 is 6.72. The van der Waals surface area contributed by atoms with Crippen molar-refractivity contribution in [3.63, 3.8) is 0 Å². The van der Waals surface area contributed by atoms with Gasteiger partial charge in [-0.3, -0.25) is 4.98 Å². The van der Waals surface area contributed by atoms with Crippen molar-refractivity contribution in [3.05, 3.63) is 76.6 Å². The van der Waals surface area contributed by atoms with Crippen molar-refractivity contribution < 1.29 is 35.5 Å². The number of ether oxygens (including phenoxy) is 1. The topological polar surface area (TPSA) is 103 Å². The Morgan fingerprint density at radius 2 is 1.65 bits per heavy atom. The first-order chi connectivity index (χ1) is 20.0. The number of halogens is 5. The van der Waals surface area contributed by atoms with E-state index in [-0.39, 0.29) is 21.6 Å². The van der Waals surface area contributed by atoms with E-state index >= 15 is 0 Å². The van der Waals surface area contributed by atoms with Gasteiger partial charge in [-0.2, -0.15) is 9.78 Å². The Bertz CT molecular complexity index is 2060. The van der Waals surface area contributed by atoms with Crippen LogP contribution in [0.25, 0.3) is 32.9 Å². The molecule has 0 aliphatic carbocycles. The quantitative estimate of drug-likeness (QED) is 0.160. The minimum Gasteiger partial charge on any atom is -0.442 e. The third-order valence-corrected chi connectivity index (χ3v) is 7.89. The van der Waals surface area contributed by atoms with Crippen LogP contribution in [0.3, 0.4) is 0 Å². The van der Waals surface area contributed by atoms with E-state index in [0.717, 1.165) is 10.2 Å². The summed E-state index contributed by atoms with van der Waals surface area (Å²) in [6.07, 6.45) is 2.56. The van der Waals surface area contributed by atoms with Crippen molar-refractivity contribution in [1.29, 1.82) is 0 Å². The van der Waals surface area contributed by atoms with Crippen LogP contribution >= 0.6 is 11.6 Å². The SMILES string of the molecule is Cc1ccc2c(cnn2C(=O)OC(C)(C)C)c1-c1cc2nccc(Nc3c(F)c(F)c(S(C)(=O)=O)c(F)c3F)c2cc1Cl.